The molecule has 1 aliphatic heterocycles. The van der Waals surface area contributed by atoms with E-state index in [1.54, 1.807) is 63.6 Å². The molecule has 2 amide bonds. The largest absolute Gasteiger partial charge is 0.474 e. The van der Waals surface area contributed by atoms with Crippen molar-refractivity contribution in [3.8, 4) is 23.1 Å². The first-order valence-corrected chi connectivity index (χ1v) is 16.2. The van der Waals surface area contributed by atoms with Crippen molar-refractivity contribution in [2.75, 3.05) is 13.1 Å². The summed E-state index contributed by atoms with van der Waals surface area (Å²) in [6, 6.07) is 18.7. The SMILES string of the molecule is Cc1nn(-c2ncccn2)cc1C(=O)N1C[C@@H]2[C@H](C1)[C@H]2Oc1cc(C(C)(C)NC(=O)OCc2ccccc2)c(Cl)c(-c2ccc(F)cc2)n1. The molecule has 0 bridgehead atoms. The molecule has 49 heavy (non-hydrogen) atoms. The summed E-state index contributed by atoms with van der Waals surface area (Å²) in [5.41, 5.74) is 2.47. The van der Waals surface area contributed by atoms with E-state index in [2.05, 4.69) is 20.4 Å². The molecule has 1 saturated carbocycles. The van der Waals surface area contributed by atoms with Gasteiger partial charge in [-0.15, -0.1) is 0 Å². The molecule has 7 rings (SSSR count). The summed E-state index contributed by atoms with van der Waals surface area (Å²) in [6.45, 7) is 6.55. The van der Waals surface area contributed by atoms with Gasteiger partial charge in [-0.25, -0.2) is 28.8 Å². The quantitative estimate of drug-likeness (QED) is 0.197. The van der Waals surface area contributed by atoms with Crippen LogP contribution in [0.15, 0.2) is 85.3 Å². The Bertz CT molecular complexity index is 2000. The summed E-state index contributed by atoms with van der Waals surface area (Å²) in [4.78, 5) is 41.3. The second kappa shape index (κ2) is 12.9. The fourth-order valence-electron chi connectivity index (χ4n) is 6.21. The smallest absolute Gasteiger partial charge is 0.408 e. The number of aryl methyl sites for hydroxylation is 1. The van der Waals surface area contributed by atoms with Crippen molar-refractivity contribution in [3.63, 3.8) is 0 Å². The van der Waals surface area contributed by atoms with Gasteiger partial charge in [-0.05, 0) is 56.7 Å². The molecule has 5 aromatic rings. The zero-order valence-electron chi connectivity index (χ0n) is 27.0. The molecule has 0 radical (unpaired) electrons. The number of ether oxygens (including phenoxy) is 2. The topological polar surface area (TPSA) is 124 Å². The van der Waals surface area contributed by atoms with Crippen LogP contribution in [0.3, 0.4) is 0 Å². The van der Waals surface area contributed by atoms with Crippen LogP contribution < -0.4 is 10.1 Å². The summed E-state index contributed by atoms with van der Waals surface area (Å²) in [5, 5.41) is 7.63. The van der Waals surface area contributed by atoms with Gasteiger partial charge in [-0.2, -0.15) is 5.10 Å². The lowest BCUT2D eigenvalue weighted by molar-refractivity contribution is 0.0750. The van der Waals surface area contributed by atoms with E-state index in [1.165, 1.54) is 16.8 Å². The number of carbonyl (C=O) groups is 2. The van der Waals surface area contributed by atoms with E-state index in [0.717, 1.165) is 5.56 Å². The number of likely N-dealkylation sites (tertiary alicyclic amines) is 1. The van der Waals surface area contributed by atoms with E-state index >= 15 is 0 Å². The lowest BCUT2D eigenvalue weighted by atomic mass is 9.93. The summed E-state index contributed by atoms with van der Waals surface area (Å²) >= 11 is 6.95. The number of carbonyl (C=O) groups excluding carboxylic acids is 2. The van der Waals surface area contributed by atoms with Crippen molar-refractivity contribution in [1.82, 2.24) is 34.9 Å². The molecular weight excluding hydrogens is 649 g/mol. The van der Waals surface area contributed by atoms with Gasteiger partial charge in [0.15, 0.2) is 0 Å². The number of piperidine rings is 1. The number of benzene rings is 2. The maximum Gasteiger partial charge on any atom is 0.408 e. The fourth-order valence-corrected chi connectivity index (χ4v) is 6.65. The first-order chi connectivity index (χ1) is 23.6. The number of pyridine rings is 1. The Morgan fingerprint density at radius 3 is 2.41 bits per heavy atom. The molecule has 3 aromatic heterocycles. The number of hydrogen-bond acceptors (Lipinski definition) is 8. The van der Waals surface area contributed by atoms with Crippen molar-refractivity contribution in [2.24, 2.45) is 11.8 Å². The van der Waals surface area contributed by atoms with Gasteiger partial charge in [0, 0.05) is 60.7 Å². The Hall–Kier alpha value is -5.36. The summed E-state index contributed by atoms with van der Waals surface area (Å²) in [6.07, 6.45) is 4.11. The monoisotopic (exact) mass is 681 g/mol. The second-order valence-electron chi connectivity index (χ2n) is 12.7. The maximum atomic E-state index is 13.8. The molecule has 4 heterocycles. The Labute approximate surface area is 287 Å². The molecule has 2 aliphatic rings. The van der Waals surface area contributed by atoms with E-state index < -0.39 is 17.4 Å². The van der Waals surface area contributed by atoms with Crippen molar-refractivity contribution < 1.29 is 23.5 Å². The molecule has 0 spiro atoms. The molecule has 0 unspecified atom stereocenters. The predicted molar refractivity (Wildman–Crippen MR) is 179 cm³/mol. The van der Waals surface area contributed by atoms with Crippen LogP contribution in [0.5, 0.6) is 5.88 Å². The third-order valence-electron chi connectivity index (χ3n) is 8.90. The normalized spacial score (nSPS) is 18.1. The van der Waals surface area contributed by atoms with E-state index in [1.807, 2.05) is 35.2 Å². The first kappa shape index (κ1) is 32.2. The van der Waals surface area contributed by atoms with E-state index in [4.69, 9.17) is 26.1 Å². The number of hydrogen-bond donors (Lipinski definition) is 1. The van der Waals surface area contributed by atoms with Crippen LogP contribution in [0.2, 0.25) is 5.02 Å². The van der Waals surface area contributed by atoms with Crippen LogP contribution in [-0.4, -0.2) is 60.8 Å². The first-order valence-electron chi connectivity index (χ1n) is 15.8. The van der Waals surface area contributed by atoms with Gasteiger partial charge in [-0.3, -0.25) is 4.79 Å². The van der Waals surface area contributed by atoms with Crippen molar-refractivity contribution >= 4 is 23.6 Å². The third-order valence-corrected chi connectivity index (χ3v) is 9.28. The number of rotatable bonds is 9. The molecule has 3 atom stereocenters. The molecule has 2 fully saturated rings. The van der Waals surface area contributed by atoms with Gasteiger partial charge in [0.25, 0.3) is 5.91 Å². The van der Waals surface area contributed by atoms with E-state index in [-0.39, 0.29) is 35.5 Å². The minimum Gasteiger partial charge on any atom is -0.474 e. The van der Waals surface area contributed by atoms with Gasteiger partial charge >= 0.3 is 6.09 Å². The van der Waals surface area contributed by atoms with Crippen LogP contribution in [0, 0.1) is 24.6 Å². The Kier molecular flexibility index (Phi) is 8.49. The Balaban J connectivity index is 1.07. The number of nitrogens with one attached hydrogen (secondary N) is 1. The van der Waals surface area contributed by atoms with Crippen molar-refractivity contribution in [1.29, 1.82) is 0 Å². The zero-order chi connectivity index (χ0) is 34.3. The molecule has 11 nitrogen and oxygen atoms in total. The molecule has 1 aliphatic carbocycles. The average Bonchev–Trinajstić information content (AvgIpc) is 3.38. The van der Waals surface area contributed by atoms with E-state index in [9.17, 15) is 14.0 Å². The number of nitrogens with zero attached hydrogens (tertiary/aromatic N) is 6. The number of halogens is 2. The summed E-state index contributed by atoms with van der Waals surface area (Å²) < 4.78 is 27.2. The number of alkyl carbamates (subject to hydrolysis) is 1. The summed E-state index contributed by atoms with van der Waals surface area (Å²) in [7, 11) is 0. The van der Waals surface area contributed by atoms with Gasteiger partial charge in [0.1, 0.15) is 18.5 Å². The Morgan fingerprint density at radius 2 is 1.71 bits per heavy atom. The maximum absolute atomic E-state index is 13.8. The highest BCUT2D eigenvalue weighted by Crippen LogP contribution is 2.49. The second-order valence-corrected chi connectivity index (χ2v) is 13.1. The van der Waals surface area contributed by atoms with Crippen molar-refractivity contribution in [3.05, 3.63) is 119 Å². The van der Waals surface area contributed by atoms with E-state index in [0.29, 0.717) is 53.0 Å². The van der Waals surface area contributed by atoms with Gasteiger partial charge in [-0.1, -0.05) is 41.9 Å². The highest BCUT2D eigenvalue weighted by Gasteiger charge is 2.59. The minimum absolute atomic E-state index is 0.106. The number of amides is 2. The molecule has 250 valence electrons. The van der Waals surface area contributed by atoms with Crippen molar-refractivity contribution in [2.45, 2.75) is 39.0 Å². The molecular formula is C36H33ClFN7O4. The highest BCUT2D eigenvalue weighted by molar-refractivity contribution is 6.34. The lowest BCUT2D eigenvalue weighted by Gasteiger charge is -2.29. The molecule has 2 aromatic carbocycles. The van der Waals surface area contributed by atoms with Gasteiger partial charge < -0.3 is 19.7 Å². The van der Waals surface area contributed by atoms with Crippen LogP contribution in [0.25, 0.3) is 17.2 Å². The fraction of sp³-hybridized carbons (Fsp3) is 0.278. The Morgan fingerprint density at radius 1 is 1.02 bits per heavy atom. The van der Waals surface area contributed by atoms with Gasteiger partial charge in [0.05, 0.1) is 27.5 Å². The van der Waals surface area contributed by atoms with Gasteiger partial charge in [0.2, 0.25) is 11.8 Å². The number of aromatic nitrogens is 5. The average molecular weight is 682 g/mol. The zero-order valence-corrected chi connectivity index (χ0v) is 27.8. The lowest BCUT2D eigenvalue weighted by Crippen LogP contribution is -2.41. The standard InChI is InChI=1S/C36H33ClFN7O4/c1-21-25(19-45(43-21)34-39-14-7-15-40-34)33(46)44-17-26-27(18-44)32(26)49-29-16-28(30(37)31(41-29)23-10-12-24(38)13-11-23)36(2,3)42-35(47)48-20-22-8-5-4-6-9-22/h4-16,19,26-27,32H,17-18,20H2,1-3H3,(H,42,47)/t26-,27+,32+. The van der Waals surface area contributed by atoms with Crippen LogP contribution in [0.1, 0.15) is 41.0 Å². The number of fused-ring (bicyclic) bond motifs is 1. The van der Waals surface area contributed by atoms with Crippen LogP contribution in [-0.2, 0) is 16.9 Å². The molecule has 1 N–H and O–H groups in total. The highest BCUT2D eigenvalue weighted by atomic mass is 35.5. The third kappa shape index (κ3) is 6.68. The van der Waals surface area contributed by atoms with Crippen LogP contribution >= 0.6 is 11.6 Å². The molecule has 13 heteroatoms. The minimum atomic E-state index is -1.00. The van der Waals surface area contributed by atoms with Crippen LogP contribution in [0.4, 0.5) is 9.18 Å². The summed E-state index contributed by atoms with van der Waals surface area (Å²) in [5.74, 6) is 0.430. The predicted octanol–water partition coefficient (Wildman–Crippen LogP) is 6.14. The molecule has 1 saturated heterocycles.